The molecule has 1 rings (SSSR count). The van der Waals surface area contributed by atoms with E-state index in [4.69, 9.17) is 0 Å². The van der Waals surface area contributed by atoms with E-state index in [1.54, 1.807) is 0 Å². The summed E-state index contributed by atoms with van der Waals surface area (Å²) >= 11 is 1.41. The minimum atomic E-state index is -0.387. The molecule has 5 heteroatoms. The quantitative estimate of drug-likeness (QED) is 0.610. The maximum Gasteiger partial charge on any atom is 0.263 e. The third-order valence-electron chi connectivity index (χ3n) is 2.89. The lowest BCUT2D eigenvalue weighted by Crippen LogP contribution is -2.28. The van der Waals surface area contributed by atoms with E-state index in [9.17, 15) is 10.1 Å². The Morgan fingerprint density at radius 3 is 2.38 bits per heavy atom. The highest BCUT2D eigenvalue weighted by atomic mass is 32.2. The van der Waals surface area contributed by atoms with Crippen molar-refractivity contribution in [2.24, 2.45) is 0 Å². The average Bonchev–Trinajstić information content (AvgIpc) is 2.19. The zero-order valence-electron chi connectivity index (χ0n) is 9.78. The number of nitrogens with zero attached hydrogens (tertiary/aromatic N) is 1. The van der Waals surface area contributed by atoms with Crippen molar-refractivity contribution in [3.63, 3.8) is 0 Å². The number of hydrogen-bond acceptors (Lipinski definition) is 4. The Hall–Kier alpha value is -0.710. The molecule has 0 aromatic carbocycles. The van der Waals surface area contributed by atoms with Crippen molar-refractivity contribution in [1.29, 1.82) is 0 Å². The van der Waals surface area contributed by atoms with E-state index in [1.807, 2.05) is 6.26 Å². The molecule has 0 spiro atoms. The van der Waals surface area contributed by atoms with Crippen LogP contribution in [0.1, 0.15) is 44.9 Å². The van der Waals surface area contributed by atoms with Gasteiger partial charge in [-0.1, -0.05) is 32.1 Å². The van der Waals surface area contributed by atoms with E-state index in [1.165, 1.54) is 43.9 Å². The molecule has 0 aromatic heterocycles. The van der Waals surface area contributed by atoms with Crippen LogP contribution in [0.4, 0.5) is 0 Å². The molecule has 1 N–H and O–H groups in total. The molecule has 4 nitrogen and oxygen atoms in total. The van der Waals surface area contributed by atoms with Crippen LogP contribution in [0.3, 0.4) is 0 Å². The molecular weight excluding hydrogens is 224 g/mol. The number of rotatable bonds is 4. The minimum Gasteiger partial charge on any atom is -0.372 e. The van der Waals surface area contributed by atoms with E-state index >= 15 is 0 Å². The van der Waals surface area contributed by atoms with Gasteiger partial charge >= 0.3 is 0 Å². The first-order valence-electron chi connectivity index (χ1n) is 5.88. The SMILES string of the molecule is CS/C(=C/[N+](=O)[O-])NC1CCCCCCC1. The lowest BCUT2D eigenvalue weighted by Gasteiger charge is -2.21. The van der Waals surface area contributed by atoms with Crippen molar-refractivity contribution in [3.8, 4) is 0 Å². The summed E-state index contributed by atoms with van der Waals surface area (Å²) in [7, 11) is 0. The summed E-state index contributed by atoms with van der Waals surface area (Å²) in [6.45, 7) is 0. The second-order valence-electron chi connectivity index (χ2n) is 4.17. The third kappa shape index (κ3) is 5.39. The fraction of sp³-hybridized carbons (Fsp3) is 0.818. The molecule has 16 heavy (non-hydrogen) atoms. The smallest absolute Gasteiger partial charge is 0.263 e. The second kappa shape index (κ2) is 7.54. The Balaban J connectivity index is 2.45. The number of nitrogens with one attached hydrogen (secondary N) is 1. The summed E-state index contributed by atoms with van der Waals surface area (Å²) in [5.74, 6) is 0. The predicted molar refractivity (Wildman–Crippen MR) is 67.8 cm³/mol. The van der Waals surface area contributed by atoms with Crippen LogP contribution in [-0.2, 0) is 0 Å². The summed E-state index contributed by atoms with van der Waals surface area (Å²) < 4.78 is 0. The Bertz CT molecular complexity index is 248. The molecule has 0 aliphatic heterocycles. The monoisotopic (exact) mass is 244 g/mol. The normalized spacial score (nSPS) is 19.9. The first-order valence-corrected chi connectivity index (χ1v) is 7.10. The third-order valence-corrected chi connectivity index (χ3v) is 3.56. The Kier molecular flexibility index (Phi) is 6.30. The standard InChI is InChI=1S/C11H20N2O2S/c1-16-11(9-13(14)15)12-10-7-5-3-2-4-6-8-10/h9-10,12H,2-8H2,1H3/b11-9+. The zero-order valence-corrected chi connectivity index (χ0v) is 10.6. The first kappa shape index (κ1) is 13.4. The Morgan fingerprint density at radius 1 is 1.31 bits per heavy atom. The summed E-state index contributed by atoms with van der Waals surface area (Å²) in [6.07, 6.45) is 11.6. The number of nitro groups is 1. The van der Waals surface area contributed by atoms with Gasteiger partial charge in [-0.3, -0.25) is 10.1 Å². The van der Waals surface area contributed by atoms with E-state index < -0.39 is 0 Å². The summed E-state index contributed by atoms with van der Waals surface area (Å²) in [6, 6.07) is 0.416. The van der Waals surface area contributed by atoms with Crippen LogP contribution in [-0.4, -0.2) is 17.2 Å². The summed E-state index contributed by atoms with van der Waals surface area (Å²) in [5.41, 5.74) is 0. The fourth-order valence-electron chi connectivity index (χ4n) is 2.05. The summed E-state index contributed by atoms with van der Waals surface area (Å²) in [4.78, 5) is 10.0. The Labute approximate surface area is 101 Å². The van der Waals surface area contributed by atoms with Crippen LogP contribution >= 0.6 is 11.8 Å². The van der Waals surface area contributed by atoms with E-state index in [-0.39, 0.29) is 4.92 Å². The summed E-state index contributed by atoms with van der Waals surface area (Å²) in [5, 5.41) is 14.4. The van der Waals surface area contributed by atoms with Crippen molar-refractivity contribution in [3.05, 3.63) is 21.3 Å². The average molecular weight is 244 g/mol. The molecule has 1 saturated carbocycles. The van der Waals surface area contributed by atoms with Gasteiger partial charge in [-0.15, -0.1) is 11.8 Å². The Morgan fingerprint density at radius 2 is 1.88 bits per heavy atom. The highest BCUT2D eigenvalue weighted by Crippen LogP contribution is 2.19. The molecule has 0 aromatic rings. The van der Waals surface area contributed by atoms with Crippen molar-refractivity contribution in [2.45, 2.75) is 51.0 Å². The van der Waals surface area contributed by atoms with Gasteiger partial charge in [-0.25, -0.2) is 0 Å². The lowest BCUT2D eigenvalue weighted by atomic mass is 9.97. The van der Waals surface area contributed by atoms with Gasteiger partial charge in [0.15, 0.2) is 0 Å². The van der Waals surface area contributed by atoms with Gasteiger partial charge in [0.25, 0.3) is 6.20 Å². The van der Waals surface area contributed by atoms with Crippen molar-refractivity contribution in [1.82, 2.24) is 5.32 Å². The van der Waals surface area contributed by atoms with Crippen LogP contribution in [0.5, 0.6) is 0 Å². The molecular formula is C11H20N2O2S. The maximum absolute atomic E-state index is 10.4. The van der Waals surface area contributed by atoms with Crippen LogP contribution < -0.4 is 5.32 Å². The zero-order chi connectivity index (χ0) is 11.8. The number of hydrogen-bond donors (Lipinski definition) is 1. The highest BCUT2D eigenvalue weighted by Gasteiger charge is 2.13. The molecule has 0 bridgehead atoms. The van der Waals surface area contributed by atoms with E-state index in [0.717, 1.165) is 19.0 Å². The molecule has 92 valence electrons. The van der Waals surface area contributed by atoms with Crippen LogP contribution in [0.2, 0.25) is 0 Å². The fourth-order valence-corrected chi connectivity index (χ4v) is 2.52. The van der Waals surface area contributed by atoms with Gasteiger partial charge < -0.3 is 5.32 Å². The van der Waals surface area contributed by atoms with Gasteiger partial charge in [0, 0.05) is 6.04 Å². The van der Waals surface area contributed by atoms with Crippen molar-refractivity contribution >= 4 is 11.8 Å². The second-order valence-corrected chi connectivity index (χ2v) is 5.02. The molecule has 1 aliphatic carbocycles. The van der Waals surface area contributed by atoms with E-state index in [0.29, 0.717) is 11.1 Å². The van der Waals surface area contributed by atoms with Gasteiger partial charge in [-0.2, -0.15) is 0 Å². The molecule has 0 atom stereocenters. The van der Waals surface area contributed by atoms with Crippen molar-refractivity contribution in [2.75, 3.05) is 6.26 Å². The largest absolute Gasteiger partial charge is 0.372 e. The number of thioether (sulfide) groups is 1. The van der Waals surface area contributed by atoms with Gasteiger partial charge in [-0.05, 0) is 19.1 Å². The predicted octanol–water partition coefficient (Wildman–Crippen LogP) is 3.13. The van der Waals surface area contributed by atoms with Crippen LogP contribution in [0, 0.1) is 10.1 Å². The van der Waals surface area contributed by atoms with Gasteiger partial charge in [0.1, 0.15) is 5.03 Å². The van der Waals surface area contributed by atoms with Gasteiger partial charge in [0.05, 0.1) is 4.92 Å². The molecule has 1 aliphatic rings. The minimum absolute atomic E-state index is 0.387. The van der Waals surface area contributed by atoms with Crippen molar-refractivity contribution < 1.29 is 4.92 Å². The topological polar surface area (TPSA) is 55.2 Å². The molecule has 0 unspecified atom stereocenters. The highest BCUT2D eigenvalue weighted by molar-refractivity contribution is 8.02. The maximum atomic E-state index is 10.4. The molecule has 0 heterocycles. The first-order chi connectivity index (χ1) is 7.72. The molecule has 0 saturated heterocycles. The van der Waals surface area contributed by atoms with Gasteiger partial charge in [0.2, 0.25) is 0 Å². The molecule has 0 radical (unpaired) electrons. The molecule has 1 fully saturated rings. The van der Waals surface area contributed by atoms with Crippen LogP contribution in [0.15, 0.2) is 11.2 Å². The lowest BCUT2D eigenvalue weighted by molar-refractivity contribution is -0.403. The van der Waals surface area contributed by atoms with E-state index in [2.05, 4.69) is 5.32 Å². The molecule has 0 amide bonds. The van der Waals surface area contributed by atoms with Crippen LogP contribution in [0.25, 0.3) is 0 Å².